The number of nitrogens with one attached hydrogen (secondary N) is 2. The number of carbonyl (C=O) groups is 2. The molecule has 0 aliphatic carbocycles. The highest BCUT2D eigenvalue weighted by Crippen LogP contribution is 2.34. The van der Waals surface area contributed by atoms with E-state index >= 15 is 4.39 Å². The van der Waals surface area contributed by atoms with Crippen molar-refractivity contribution in [3.8, 4) is 10.4 Å². The number of likely N-dealkylation sites (tertiary alicyclic amines) is 1. The number of amides is 2. The lowest BCUT2D eigenvalue weighted by molar-refractivity contribution is -0.141. The van der Waals surface area contributed by atoms with Gasteiger partial charge in [0, 0.05) is 51.3 Å². The van der Waals surface area contributed by atoms with Crippen molar-refractivity contribution in [3.63, 3.8) is 0 Å². The van der Waals surface area contributed by atoms with E-state index in [4.69, 9.17) is 4.52 Å². The van der Waals surface area contributed by atoms with Gasteiger partial charge in [-0.05, 0) is 63.7 Å². The van der Waals surface area contributed by atoms with Crippen LogP contribution in [0.2, 0.25) is 0 Å². The molecular formula is C36H50FN7O4S. The van der Waals surface area contributed by atoms with Crippen LogP contribution in [-0.2, 0) is 9.59 Å². The summed E-state index contributed by atoms with van der Waals surface area (Å²) in [5.41, 5.74) is 3.68. The topological polar surface area (TPSA) is 127 Å². The molecule has 2 amide bonds. The predicted molar refractivity (Wildman–Crippen MR) is 188 cm³/mol. The van der Waals surface area contributed by atoms with Crippen molar-refractivity contribution in [2.24, 2.45) is 5.92 Å². The van der Waals surface area contributed by atoms with Crippen LogP contribution in [-0.4, -0.2) is 107 Å². The number of alkyl halides is 1. The second-order valence-corrected chi connectivity index (χ2v) is 15.4. The van der Waals surface area contributed by atoms with E-state index in [0.29, 0.717) is 57.1 Å². The number of anilines is 1. The van der Waals surface area contributed by atoms with Crippen LogP contribution in [0.15, 0.2) is 40.4 Å². The van der Waals surface area contributed by atoms with Gasteiger partial charge in [-0.3, -0.25) is 14.5 Å². The fourth-order valence-corrected chi connectivity index (χ4v) is 8.44. The molecule has 0 bridgehead atoms. The van der Waals surface area contributed by atoms with E-state index < -0.39 is 23.7 Å². The zero-order valence-corrected chi connectivity index (χ0v) is 30.0. The van der Waals surface area contributed by atoms with Crippen molar-refractivity contribution in [2.45, 2.75) is 89.7 Å². The van der Waals surface area contributed by atoms with Crippen LogP contribution >= 0.6 is 11.3 Å². The number of aryl methyl sites for hydroxylation is 1. The summed E-state index contributed by atoms with van der Waals surface area (Å²) >= 11 is 1.59. The summed E-state index contributed by atoms with van der Waals surface area (Å²) in [7, 11) is 0. The molecule has 11 nitrogen and oxygen atoms in total. The number of carbonyl (C=O) groups excluding carboxylic acids is 2. The van der Waals surface area contributed by atoms with Crippen molar-refractivity contribution < 1.29 is 23.6 Å². The molecule has 13 heteroatoms. The minimum atomic E-state index is -1.15. The Hall–Kier alpha value is -3.39. The van der Waals surface area contributed by atoms with Gasteiger partial charge in [-0.25, -0.2) is 9.37 Å². The highest BCUT2D eigenvalue weighted by molar-refractivity contribution is 7.13. The van der Waals surface area contributed by atoms with Crippen molar-refractivity contribution in [3.05, 3.63) is 52.9 Å². The van der Waals surface area contributed by atoms with Crippen LogP contribution < -0.4 is 15.5 Å². The summed E-state index contributed by atoms with van der Waals surface area (Å²) in [6.45, 7) is 13.9. The maximum atomic E-state index is 15.4. The average Bonchev–Trinajstić information content (AvgIpc) is 3.81. The van der Waals surface area contributed by atoms with E-state index in [1.54, 1.807) is 11.3 Å². The second-order valence-electron chi connectivity index (χ2n) is 14.5. The SMILES string of the molecule is Cc1ncsc1-c1ccc([C@H](C)NC(=O)[C@@H]2C[C@@H](O)CN2C(=O)[C@H](c2cc(N3CCN(CC4(F)CCNCC4)C[C@@H]3C)no2)C(C)C)cc1. The molecule has 3 fully saturated rings. The maximum Gasteiger partial charge on any atom is 0.243 e. The molecule has 3 N–H and O–H groups in total. The quantitative estimate of drug-likeness (QED) is 0.285. The third-order valence-electron chi connectivity index (χ3n) is 10.4. The molecule has 0 unspecified atom stereocenters. The van der Waals surface area contributed by atoms with E-state index in [-0.39, 0.29) is 42.8 Å². The summed E-state index contributed by atoms with van der Waals surface area (Å²) in [4.78, 5) is 39.1. The lowest BCUT2D eigenvalue weighted by Crippen LogP contribution is -2.56. The van der Waals surface area contributed by atoms with Gasteiger partial charge in [0.1, 0.15) is 17.6 Å². The van der Waals surface area contributed by atoms with Gasteiger partial charge < -0.3 is 30.1 Å². The first kappa shape index (κ1) is 35.4. The maximum absolute atomic E-state index is 15.4. The first-order valence-electron chi connectivity index (χ1n) is 17.6. The molecule has 3 aliphatic rings. The third-order valence-corrected chi connectivity index (χ3v) is 11.4. The summed E-state index contributed by atoms with van der Waals surface area (Å²) in [6, 6.07) is 8.86. The van der Waals surface area contributed by atoms with Gasteiger partial charge in [0.15, 0.2) is 11.6 Å². The average molecular weight is 696 g/mol. The molecule has 0 saturated carbocycles. The molecule has 3 aliphatic heterocycles. The number of piperazine rings is 1. The molecule has 5 atom stereocenters. The van der Waals surface area contributed by atoms with Gasteiger partial charge >= 0.3 is 0 Å². The molecule has 6 rings (SSSR count). The zero-order valence-electron chi connectivity index (χ0n) is 29.2. The summed E-state index contributed by atoms with van der Waals surface area (Å²) in [5.74, 6) is -0.295. The van der Waals surface area contributed by atoms with Crippen LogP contribution in [0.5, 0.6) is 0 Å². The summed E-state index contributed by atoms with van der Waals surface area (Å²) in [5, 5.41) is 21.3. The van der Waals surface area contributed by atoms with Crippen molar-refractivity contribution in [1.82, 2.24) is 30.6 Å². The lowest BCUT2D eigenvalue weighted by atomic mass is 9.91. The van der Waals surface area contributed by atoms with Gasteiger partial charge in [0.05, 0.1) is 28.2 Å². The summed E-state index contributed by atoms with van der Waals surface area (Å²) < 4.78 is 21.2. The minimum absolute atomic E-state index is 0.0729. The molecule has 49 heavy (non-hydrogen) atoms. The Balaban J connectivity index is 1.10. The fourth-order valence-electron chi connectivity index (χ4n) is 7.63. The Morgan fingerprint density at radius 1 is 1.16 bits per heavy atom. The standard InChI is InChI=1S/C36H50FN7O4S/c1-22(2)32(30-17-31(41-48-30)43-15-14-42(18-23(43)3)20-36(37)10-12-38-13-11-36)35(47)44-19-28(45)16-29(44)34(46)40-24(4)26-6-8-27(9-7-26)33-25(5)39-21-49-33/h6-9,17,21-24,28-29,32,38,45H,10-16,18-20H2,1-5H3,(H,40,46)/t23-,24-,28+,29-,32-/m0/s1. The number of hydrogen-bond donors (Lipinski definition) is 3. The molecule has 3 aromatic rings. The van der Waals surface area contributed by atoms with Crippen molar-refractivity contribution in [2.75, 3.05) is 50.7 Å². The number of aromatic nitrogens is 2. The summed E-state index contributed by atoms with van der Waals surface area (Å²) in [6.07, 6.45) is 0.437. The second kappa shape index (κ2) is 14.8. The van der Waals surface area contributed by atoms with Crippen LogP contribution in [0.25, 0.3) is 10.4 Å². The van der Waals surface area contributed by atoms with Crippen LogP contribution in [0.4, 0.5) is 10.2 Å². The number of benzene rings is 1. The lowest BCUT2D eigenvalue weighted by Gasteiger charge is -2.43. The predicted octanol–water partition coefficient (Wildman–Crippen LogP) is 4.29. The number of halogens is 1. The molecule has 0 spiro atoms. The Labute approximate surface area is 292 Å². The van der Waals surface area contributed by atoms with Gasteiger partial charge in [-0.1, -0.05) is 43.3 Å². The van der Waals surface area contributed by atoms with Crippen LogP contribution in [0.3, 0.4) is 0 Å². The molecule has 3 saturated heterocycles. The van der Waals surface area contributed by atoms with E-state index in [1.165, 1.54) is 4.90 Å². The van der Waals surface area contributed by atoms with Gasteiger partial charge in [-0.15, -0.1) is 11.3 Å². The van der Waals surface area contributed by atoms with E-state index in [9.17, 15) is 14.7 Å². The van der Waals surface area contributed by atoms with E-state index in [2.05, 4.69) is 37.5 Å². The molecule has 0 radical (unpaired) electrons. The van der Waals surface area contributed by atoms with Gasteiger partial charge in [-0.2, -0.15) is 0 Å². The Morgan fingerprint density at radius 3 is 2.55 bits per heavy atom. The number of thiazole rings is 1. The Kier molecular flexibility index (Phi) is 10.7. The monoisotopic (exact) mass is 695 g/mol. The highest BCUT2D eigenvalue weighted by Gasteiger charge is 2.44. The molecule has 5 heterocycles. The zero-order chi connectivity index (χ0) is 34.9. The number of rotatable bonds is 10. The fraction of sp³-hybridized carbons (Fsp3) is 0.611. The normalized spacial score (nSPS) is 24.3. The molecule has 2 aromatic heterocycles. The van der Waals surface area contributed by atoms with Crippen molar-refractivity contribution >= 4 is 29.0 Å². The number of aliphatic hydroxyl groups excluding tert-OH is 1. The first-order valence-corrected chi connectivity index (χ1v) is 18.4. The smallest absolute Gasteiger partial charge is 0.243 e. The van der Waals surface area contributed by atoms with Crippen LogP contribution in [0, 0.1) is 12.8 Å². The molecular weight excluding hydrogens is 646 g/mol. The van der Waals surface area contributed by atoms with Crippen LogP contribution in [0.1, 0.15) is 75.9 Å². The van der Waals surface area contributed by atoms with E-state index in [1.807, 2.05) is 63.5 Å². The van der Waals surface area contributed by atoms with Gasteiger partial charge in [0.2, 0.25) is 11.8 Å². The highest BCUT2D eigenvalue weighted by atomic mass is 32.1. The number of β-amino-alcohol motifs (C(OH)–C–C–N with tert-alkyl or cyclic N) is 1. The number of aliphatic hydroxyl groups is 1. The molecule has 1 aromatic carbocycles. The first-order chi connectivity index (χ1) is 23.4. The number of nitrogens with zero attached hydrogens (tertiary/aromatic N) is 5. The Morgan fingerprint density at radius 2 is 1.90 bits per heavy atom. The minimum Gasteiger partial charge on any atom is -0.391 e. The van der Waals surface area contributed by atoms with Gasteiger partial charge in [0.25, 0.3) is 0 Å². The van der Waals surface area contributed by atoms with E-state index in [0.717, 1.165) is 28.2 Å². The third kappa shape index (κ3) is 7.84. The Bertz CT molecular complexity index is 1590. The number of piperidine rings is 1. The largest absolute Gasteiger partial charge is 0.391 e. The number of hydrogen-bond acceptors (Lipinski definition) is 10. The van der Waals surface area contributed by atoms with Crippen molar-refractivity contribution in [1.29, 1.82) is 0 Å². The molecule has 266 valence electrons.